The number of rotatable bonds is 5. The summed E-state index contributed by atoms with van der Waals surface area (Å²) in [6.07, 6.45) is 1.62. The number of imidazole rings is 1. The van der Waals surface area contributed by atoms with Crippen molar-refractivity contribution in [1.82, 2.24) is 9.55 Å². The second kappa shape index (κ2) is 6.52. The zero-order valence-electron chi connectivity index (χ0n) is 13.2. The first-order valence-corrected chi connectivity index (χ1v) is 7.68. The highest BCUT2D eigenvalue weighted by Crippen LogP contribution is 2.24. The van der Waals surface area contributed by atoms with Crippen LogP contribution in [0.4, 0.5) is 5.95 Å². The minimum atomic E-state index is 0.138. The Kier molecular flexibility index (Phi) is 4.28. The van der Waals surface area contributed by atoms with Crippen molar-refractivity contribution in [2.24, 2.45) is 4.99 Å². The molecule has 0 saturated heterocycles. The number of hydrogen-bond acceptors (Lipinski definition) is 4. The van der Waals surface area contributed by atoms with E-state index in [4.69, 9.17) is 4.74 Å². The van der Waals surface area contributed by atoms with E-state index < -0.39 is 0 Å². The lowest BCUT2D eigenvalue weighted by Gasteiger charge is -2.05. The Bertz CT molecular complexity index is 853. The summed E-state index contributed by atoms with van der Waals surface area (Å²) >= 11 is 0. The highest BCUT2D eigenvalue weighted by atomic mass is 16.5. The Morgan fingerprint density at radius 3 is 2.78 bits per heavy atom. The molecule has 5 nitrogen and oxygen atoms in total. The predicted molar refractivity (Wildman–Crippen MR) is 91.9 cm³/mol. The maximum absolute atomic E-state index is 10.1. The first kappa shape index (κ1) is 15.1. The van der Waals surface area contributed by atoms with Gasteiger partial charge in [0, 0.05) is 24.4 Å². The number of phenols is 1. The molecule has 23 heavy (non-hydrogen) atoms. The van der Waals surface area contributed by atoms with E-state index in [0.29, 0.717) is 23.9 Å². The van der Waals surface area contributed by atoms with E-state index in [1.165, 1.54) is 0 Å². The number of hydrogen-bond donors (Lipinski definition) is 1. The molecule has 3 rings (SSSR count). The Balaban J connectivity index is 1.94. The summed E-state index contributed by atoms with van der Waals surface area (Å²) in [6, 6.07) is 13.1. The monoisotopic (exact) mass is 309 g/mol. The van der Waals surface area contributed by atoms with Crippen LogP contribution in [-0.2, 0) is 6.54 Å². The number of benzene rings is 2. The molecule has 3 aromatic rings. The average molecular weight is 309 g/mol. The summed E-state index contributed by atoms with van der Waals surface area (Å²) in [5.41, 5.74) is 2.60. The van der Waals surface area contributed by atoms with Crippen LogP contribution in [0.3, 0.4) is 0 Å². The Morgan fingerprint density at radius 1 is 1.22 bits per heavy atom. The summed E-state index contributed by atoms with van der Waals surface area (Å²) in [4.78, 5) is 8.98. The maximum atomic E-state index is 10.1. The molecule has 2 aromatic carbocycles. The van der Waals surface area contributed by atoms with Crippen molar-refractivity contribution >= 4 is 23.2 Å². The molecule has 0 aliphatic carbocycles. The van der Waals surface area contributed by atoms with Crippen LogP contribution in [0.5, 0.6) is 11.5 Å². The number of ether oxygens (including phenoxy) is 1. The van der Waals surface area contributed by atoms with Crippen molar-refractivity contribution in [2.45, 2.75) is 20.4 Å². The minimum Gasteiger partial charge on any atom is -0.507 e. The molecule has 0 atom stereocenters. The van der Waals surface area contributed by atoms with Crippen molar-refractivity contribution in [3.05, 3.63) is 48.0 Å². The van der Waals surface area contributed by atoms with E-state index in [1.54, 1.807) is 18.3 Å². The molecular weight excluding hydrogens is 290 g/mol. The van der Waals surface area contributed by atoms with Crippen LogP contribution in [0.15, 0.2) is 47.5 Å². The third-order valence-electron chi connectivity index (χ3n) is 3.58. The van der Waals surface area contributed by atoms with Gasteiger partial charge in [-0.15, -0.1) is 0 Å². The van der Waals surface area contributed by atoms with Gasteiger partial charge >= 0.3 is 0 Å². The summed E-state index contributed by atoms with van der Waals surface area (Å²) in [7, 11) is 0. The molecule has 0 unspecified atom stereocenters. The molecule has 1 N–H and O–H groups in total. The SMILES string of the molecule is CCOc1ccc(C=Nc2nc3ccccc3n2CC)c(O)c1. The predicted octanol–water partition coefficient (Wildman–Crippen LogP) is 3.91. The zero-order valence-corrected chi connectivity index (χ0v) is 13.2. The Hall–Kier alpha value is -2.82. The largest absolute Gasteiger partial charge is 0.507 e. The second-order valence-electron chi connectivity index (χ2n) is 5.06. The normalized spacial score (nSPS) is 11.4. The summed E-state index contributed by atoms with van der Waals surface area (Å²) < 4.78 is 7.40. The van der Waals surface area contributed by atoms with E-state index in [0.717, 1.165) is 17.6 Å². The van der Waals surface area contributed by atoms with E-state index in [-0.39, 0.29) is 5.75 Å². The van der Waals surface area contributed by atoms with Gasteiger partial charge < -0.3 is 14.4 Å². The van der Waals surface area contributed by atoms with Crippen molar-refractivity contribution in [2.75, 3.05) is 6.61 Å². The number of aryl methyl sites for hydroxylation is 1. The molecule has 0 amide bonds. The van der Waals surface area contributed by atoms with Gasteiger partial charge in [0.15, 0.2) is 0 Å². The molecular formula is C18H19N3O2. The third-order valence-corrected chi connectivity index (χ3v) is 3.58. The number of aliphatic imine (C=N–C) groups is 1. The smallest absolute Gasteiger partial charge is 0.230 e. The fourth-order valence-electron chi connectivity index (χ4n) is 2.49. The van der Waals surface area contributed by atoms with Gasteiger partial charge in [-0.3, -0.25) is 0 Å². The van der Waals surface area contributed by atoms with E-state index in [1.807, 2.05) is 41.8 Å². The van der Waals surface area contributed by atoms with Crippen molar-refractivity contribution in [1.29, 1.82) is 0 Å². The maximum Gasteiger partial charge on any atom is 0.230 e. The number of aromatic nitrogens is 2. The van der Waals surface area contributed by atoms with Crippen LogP contribution in [0, 0.1) is 0 Å². The van der Waals surface area contributed by atoms with E-state index >= 15 is 0 Å². The van der Waals surface area contributed by atoms with Crippen molar-refractivity contribution < 1.29 is 9.84 Å². The van der Waals surface area contributed by atoms with Crippen LogP contribution in [0.2, 0.25) is 0 Å². The summed E-state index contributed by atoms with van der Waals surface area (Å²) in [5.74, 6) is 1.41. The highest BCUT2D eigenvalue weighted by molar-refractivity contribution is 5.86. The number of fused-ring (bicyclic) bond motifs is 1. The fraction of sp³-hybridized carbons (Fsp3) is 0.222. The fourth-order valence-corrected chi connectivity index (χ4v) is 2.49. The molecule has 0 fully saturated rings. The molecule has 0 spiro atoms. The molecule has 0 saturated carbocycles. The van der Waals surface area contributed by atoms with Crippen LogP contribution < -0.4 is 4.74 Å². The van der Waals surface area contributed by atoms with Gasteiger partial charge in [-0.25, -0.2) is 9.98 Å². The van der Waals surface area contributed by atoms with Crippen LogP contribution in [0.25, 0.3) is 11.0 Å². The Labute approximate surface area is 134 Å². The second-order valence-corrected chi connectivity index (χ2v) is 5.06. The van der Waals surface area contributed by atoms with Crippen molar-refractivity contribution in [3.8, 4) is 11.5 Å². The number of nitrogens with zero attached hydrogens (tertiary/aromatic N) is 3. The van der Waals surface area contributed by atoms with Gasteiger partial charge in [-0.05, 0) is 38.1 Å². The first-order chi connectivity index (χ1) is 11.2. The lowest BCUT2D eigenvalue weighted by atomic mass is 10.2. The average Bonchev–Trinajstić information content (AvgIpc) is 2.92. The van der Waals surface area contributed by atoms with Crippen LogP contribution in [0.1, 0.15) is 19.4 Å². The topological polar surface area (TPSA) is 59.6 Å². The van der Waals surface area contributed by atoms with Gasteiger partial charge in [-0.1, -0.05) is 12.1 Å². The standard InChI is InChI=1S/C18H19N3O2/c1-3-21-16-8-6-5-7-15(16)20-18(21)19-12-13-9-10-14(23-4-2)11-17(13)22/h5-12,22H,3-4H2,1-2H3. The molecule has 1 heterocycles. The third kappa shape index (κ3) is 3.04. The van der Waals surface area contributed by atoms with Gasteiger partial charge in [0.25, 0.3) is 0 Å². The van der Waals surface area contributed by atoms with Crippen LogP contribution in [-0.4, -0.2) is 27.5 Å². The molecule has 0 bridgehead atoms. The molecule has 1 aromatic heterocycles. The van der Waals surface area contributed by atoms with Crippen LogP contribution >= 0.6 is 0 Å². The lowest BCUT2D eigenvalue weighted by molar-refractivity contribution is 0.337. The summed E-state index contributed by atoms with van der Waals surface area (Å²) in [5, 5.41) is 10.1. The van der Waals surface area contributed by atoms with Gasteiger partial charge in [-0.2, -0.15) is 0 Å². The van der Waals surface area contributed by atoms with Gasteiger partial charge in [0.05, 0.1) is 17.6 Å². The quantitative estimate of drug-likeness (QED) is 0.727. The number of aromatic hydroxyl groups is 1. The van der Waals surface area contributed by atoms with E-state index in [2.05, 4.69) is 16.9 Å². The molecule has 5 heteroatoms. The molecule has 0 radical (unpaired) electrons. The zero-order chi connectivity index (χ0) is 16.2. The first-order valence-electron chi connectivity index (χ1n) is 7.68. The molecule has 0 aliphatic rings. The number of para-hydroxylation sites is 2. The van der Waals surface area contributed by atoms with Gasteiger partial charge in [0.1, 0.15) is 11.5 Å². The molecule has 118 valence electrons. The Morgan fingerprint density at radius 2 is 2.04 bits per heavy atom. The minimum absolute atomic E-state index is 0.138. The lowest BCUT2D eigenvalue weighted by Crippen LogP contribution is -1.94. The molecule has 0 aliphatic heterocycles. The van der Waals surface area contributed by atoms with Crippen molar-refractivity contribution in [3.63, 3.8) is 0 Å². The van der Waals surface area contributed by atoms with E-state index in [9.17, 15) is 5.11 Å². The van der Waals surface area contributed by atoms with Gasteiger partial charge in [0.2, 0.25) is 5.95 Å². The highest BCUT2D eigenvalue weighted by Gasteiger charge is 2.08. The summed E-state index contributed by atoms with van der Waals surface area (Å²) in [6.45, 7) is 5.30. The number of phenolic OH excluding ortho intramolecular Hbond substituents is 1.